The first-order valence-corrected chi connectivity index (χ1v) is 13.3. The Kier molecular flexibility index (Phi) is 6.08. The van der Waals surface area contributed by atoms with Crippen LogP contribution in [0, 0.1) is 12.7 Å². The van der Waals surface area contributed by atoms with Gasteiger partial charge in [-0.25, -0.2) is 19.0 Å². The molecule has 196 valence electrons. The summed E-state index contributed by atoms with van der Waals surface area (Å²) in [5.74, 6) is -0.202. The number of nitrogen functional groups attached to an aromatic ring is 1. The van der Waals surface area contributed by atoms with Gasteiger partial charge in [0.25, 0.3) is 5.56 Å². The summed E-state index contributed by atoms with van der Waals surface area (Å²) < 4.78 is 22.9. The zero-order valence-corrected chi connectivity index (χ0v) is 22.7. The van der Waals surface area contributed by atoms with Crippen molar-refractivity contribution in [2.24, 2.45) is 0 Å². The van der Waals surface area contributed by atoms with Crippen molar-refractivity contribution in [3.05, 3.63) is 92.7 Å². The minimum Gasteiger partial charge on any atom is -0.494 e. The molecule has 6 rings (SSSR count). The highest BCUT2D eigenvalue weighted by atomic mass is 35.5. The summed E-state index contributed by atoms with van der Waals surface area (Å²) in [5, 5.41) is 7.43. The molecule has 4 aromatic heterocycles. The summed E-state index contributed by atoms with van der Waals surface area (Å²) in [6.07, 6.45) is 1.36. The number of methoxy groups -OCH3 is 1. The van der Waals surface area contributed by atoms with Crippen molar-refractivity contribution in [2.45, 2.75) is 19.9 Å². The molecule has 0 spiro atoms. The minimum absolute atomic E-state index is 0.117. The molecule has 0 bridgehead atoms. The molecule has 2 N–H and O–H groups in total. The molecule has 0 aliphatic heterocycles. The fourth-order valence-electron chi connectivity index (χ4n) is 4.89. The molecule has 0 saturated carbocycles. The summed E-state index contributed by atoms with van der Waals surface area (Å²) in [6.45, 7) is 3.91. The molecule has 0 saturated heterocycles. The highest BCUT2D eigenvalue weighted by Gasteiger charge is 2.26. The van der Waals surface area contributed by atoms with Crippen molar-refractivity contribution >= 4 is 44.6 Å². The van der Waals surface area contributed by atoms with Gasteiger partial charge in [0.2, 0.25) is 0 Å². The number of nitrogens with two attached hydrogens (primary N) is 1. The molecule has 6 aromatic rings. The highest BCUT2D eigenvalue weighted by molar-refractivity contribution is 7.16. The van der Waals surface area contributed by atoms with E-state index in [-0.39, 0.29) is 17.1 Å². The van der Waals surface area contributed by atoms with Crippen LogP contribution < -0.4 is 16.0 Å². The first-order valence-electron chi connectivity index (χ1n) is 12.0. The van der Waals surface area contributed by atoms with E-state index in [1.54, 1.807) is 16.1 Å². The molecule has 0 amide bonds. The zero-order chi connectivity index (χ0) is 27.4. The standard InChI is InChI=1S/C28H22ClFN6O2S/c1-14-5-4-6-16(9-14)23-18(11-22-35(28(23)37)21(29)12-39-22)15(2)36-27-24(26(31)32-13-33-27)25(34-36)17-7-8-20(38-3)19(30)10-17/h4-13,15H,1-3H3,(H2,31,32,33)/t15-/m0/s1. The van der Waals surface area contributed by atoms with Gasteiger partial charge in [0, 0.05) is 10.9 Å². The van der Waals surface area contributed by atoms with Gasteiger partial charge in [-0.3, -0.25) is 9.20 Å². The van der Waals surface area contributed by atoms with Gasteiger partial charge >= 0.3 is 0 Å². The van der Waals surface area contributed by atoms with Gasteiger partial charge in [-0.05, 0) is 49.2 Å². The topological polar surface area (TPSA) is 100 Å². The SMILES string of the molecule is COc1ccc(-c2nn([C@@H](C)c3cc4scc(Cl)n4c(=O)c3-c3cccc(C)c3)c3ncnc(N)c23)cc1F. The molecule has 0 aliphatic carbocycles. The molecular formula is C28H22ClFN6O2S. The number of nitrogens with zero attached hydrogens (tertiary/aromatic N) is 5. The van der Waals surface area contributed by atoms with Crippen LogP contribution in [0.25, 0.3) is 38.2 Å². The first-order chi connectivity index (χ1) is 18.8. The second-order valence-corrected chi connectivity index (χ2v) is 10.4. The van der Waals surface area contributed by atoms with Crippen LogP contribution in [0.15, 0.2) is 65.0 Å². The largest absolute Gasteiger partial charge is 0.494 e. The third-order valence-corrected chi connectivity index (χ3v) is 8.05. The first kappa shape index (κ1) is 25.0. The molecule has 4 heterocycles. The Hall–Kier alpha value is -4.28. The van der Waals surface area contributed by atoms with Crippen LogP contribution in [-0.2, 0) is 0 Å². The van der Waals surface area contributed by atoms with Crippen LogP contribution in [0.1, 0.15) is 24.1 Å². The average molecular weight is 561 g/mol. The summed E-state index contributed by atoms with van der Waals surface area (Å²) in [7, 11) is 1.40. The number of fused-ring (bicyclic) bond motifs is 2. The zero-order valence-electron chi connectivity index (χ0n) is 21.1. The van der Waals surface area contributed by atoms with E-state index in [1.807, 2.05) is 44.2 Å². The Morgan fingerprint density at radius 2 is 1.95 bits per heavy atom. The number of hydrogen-bond acceptors (Lipinski definition) is 7. The van der Waals surface area contributed by atoms with Crippen LogP contribution >= 0.6 is 22.9 Å². The Bertz CT molecular complexity index is 1960. The second kappa shape index (κ2) is 9.48. The number of pyridine rings is 1. The number of halogens is 2. The molecule has 0 aliphatic rings. The number of thiazole rings is 1. The Morgan fingerprint density at radius 3 is 2.69 bits per heavy atom. The maximum Gasteiger partial charge on any atom is 0.265 e. The van der Waals surface area contributed by atoms with E-state index >= 15 is 0 Å². The predicted octanol–water partition coefficient (Wildman–Crippen LogP) is 6.14. The fraction of sp³-hybridized carbons (Fsp3) is 0.143. The molecule has 8 nitrogen and oxygen atoms in total. The monoisotopic (exact) mass is 560 g/mol. The average Bonchev–Trinajstić information content (AvgIpc) is 3.50. The van der Waals surface area contributed by atoms with Gasteiger partial charge in [-0.1, -0.05) is 41.4 Å². The maximum absolute atomic E-state index is 14.7. The number of anilines is 1. The summed E-state index contributed by atoms with van der Waals surface area (Å²) >= 11 is 7.78. The van der Waals surface area contributed by atoms with E-state index in [1.165, 1.54) is 41.3 Å². The molecule has 0 radical (unpaired) electrons. The van der Waals surface area contributed by atoms with Gasteiger partial charge in [-0.2, -0.15) is 5.10 Å². The summed E-state index contributed by atoms with van der Waals surface area (Å²) in [5.41, 5.74) is 10.5. The van der Waals surface area contributed by atoms with Crippen molar-refractivity contribution in [3.63, 3.8) is 0 Å². The lowest BCUT2D eigenvalue weighted by Gasteiger charge is -2.18. The lowest BCUT2D eigenvalue weighted by molar-refractivity contribution is 0.386. The van der Waals surface area contributed by atoms with Crippen molar-refractivity contribution in [1.82, 2.24) is 24.1 Å². The number of ether oxygens (including phenoxy) is 1. The lowest BCUT2D eigenvalue weighted by atomic mass is 9.96. The van der Waals surface area contributed by atoms with Crippen molar-refractivity contribution < 1.29 is 9.13 Å². The van der Waals surface area contributed by atoms with E-state index in [4.69, 9.17) is 27.2 Å². The molecule has 2 aromatic carbocycles. The van der Waals surface area contributed by atoms with Gasteiger partial charge in [0.1, 0.15) is 27.8 Å². The van der Waals surface area contributed by atoms with Gasteiger partial charge in [0.05, 0.1) is 24.1 Å². The second-order valence-electron chi connectivity index (χ2n) is 9.16. The third kappa shape index (κ3) is 4.03. The van der Waals surface area contributed by atoms with E-state index in [2.05, 4.69) is 9.97 Å². The van der Waals surface area contributed by atoms with Crippen molar-refractivity contribution in [2.75, 3.05) is 12.8 Å². The number of aryl methyl sites for hydroxylation is 1. The minimum atomic E-state index is -0.532. The molecule has 39 heavy (non-hydrogen) atoms. The molecule has 11 heteroatoms. The number of rotatable bonds is 5. The predicted molar refractivity (Wildman–Crippen MR) is 152 cm³/mol. The summed E-state index contributed by atoms with van der Waals surface area (Å²) in [6, 6.07) is 13.8. The van der Waals surface area contributed by atoms with E-state index in [9.17, 15) is 9.18 Å². The van der Waals surface area contributed by atoms with Crippen LogP contribution in [0.3, 0.4) is 0 Å². The highest BCUT2D eigenvalue weighted by Crippen LogP contribution is 2.37. The van der Waals surface area contributed by atoms with Gasteiger partial charge < -0.3 is 10.5 Å². The molecule has 0 fully saturated rings. The maximum atomic E-state index is 14.7. The van der Waals surface area contributed by atoms with Crippen LogP contribution in [0.2, 0.25) is 5.15 Å². The molecular weight excluding hydrogens is 539 g/mol. The smallest absolute Gasteiger partial charge is 0.265 e. The summed E-state index contributed by atoms with van der Waals surface area (Å²) in [4.78, 5) is 23.2. The number of hydrogen-bond donors (Lipinski definition) is 1. The van der Waals surface area contributed by atoms with Crippen molar-refractivity contribution in [1.29, 1.82) is 0 Å². The van der Waals surface area contributed by atoms with Gasteiger partial charge in [-0.15, -0.1) is 11.3 Å². The Labute approximate surface area is 231 Å². The van der Waals surface area contributed by atoms with Crippen LogP contribution in [0.5, 0.6) is 5.75 Å². The molecule has 1 atom stereocenters. The number of benzene rings is 2. The quantitative estimate of drug-likeness (QED) is 0.272. The van der Waals surface area contributed by atoms with Crippen molar-refractivity contribution in [3.8, 4) is 28.1 Å². The lowest BCUT2D eigenvalue weighted by Crippen LogP contribution is -2.20. The fourth-order valence-corrected chi connectivity index (χ4v) is 6.05. The Balaban J connectivity index is 1.63. The number of aromatic nitrogens is 5. The van der Waals surface area contributed by atoms with E-state index < -0.39 is 11.9 Å². The van der Waals surface area contributed by atoms with Gasteiger partial charge in [0.15, 0.2) is 17.2 Å². The van der Waals surface area contributed by atoms with Crippen LogP contribution in [0.4, 0.5) is 10.2 Å². The third-order valence-electron chi connectivity index (χ3n) is 6.76. The van der Waals surface area contributed by atoms with Crippen LogP contribution in [-0.4, -0.2) is 31.3 Å². The van der Waals surface area contributed by atoms with E-state index in [0.717, 1.165) is 16.7 Å². The molecule has 0 unspecified atom stereocenters. The Morgan fingerprint density at radius 1 is 1.13 bits per heavy atom. The normalized spacial score (nSPS) is 12.3. The van der Waals surface area contributed by atoms with E-state index in [0.29, 0.717) is 37.8 Å².